The molecule has 1 aromatic carbocycles. The van der Waals surface area contributed by atoms with Crippen molar-refractivity contribution in [1.82, 2.24) is 4.90 Å². The predicted molar refractivity (Wildman–Crippen MR) is 69.2 cm³/mol. The summed E-state index contributed by atoms with van der Waals surface area (Å²) in [5.74, 6) is 0.306. The largest absolute Gasteiger partial charge is 0.495 e. The van der Waals surface area contributed by atoms with Crippen LogP contribution in [0.15, 0.2) is 24.3 Å². The van der Waals surface area contributed by atoms with E-state index in [0.717, 1.165) is 6.42 Å². The fourth-order valence-electron chi connectivity index (χ4n) is 1.85. The van der Waals surface area contributed by atoms with E-state index in [1.807, 2.05) is 6.07 Å². The van der Waals surface area contributed by atoms with Crippen LogP contribution in [0.25, 0.3) is 0 Å². The number of carbonyl (C=O) groups excluding carboxylic acids is 2. The third-order valence-electron chi connectivity index (χ3n) is 2.77. The van der Waals surface area contributed by atoms with E-state index in [0.29, 0.717) is 24.6 Å². The van der Waals surface area contributed by atoms with Gasteiger partial charge in [0.15, 0.2) is 0 Å². The van der Waals surface area contributed by atoms with Crippen molar-refractivity contribution in [2.24, 2.45) is 0 Å². The van der Waals surface area contributed by atoms with Crippen molar-refractivity contribution in [2.45, 2.75) is 6.42 Å². The number of carbonyl (C=O) groups is 2. The summed E-state index contributed by atoms with van der Waals surface area (Å²) < 4.78 is 10.0. The van der Waals surface area contributed by atoms with Crippen molar-refractivity contribution in [3.8, 4) is 5.75 Å². The maximum absolute atomic E-state index is 11.9. The van der Waals surface area contributed by atoms with Gasteiger partial charge >= 0.3 is 6.09 Å². The Morgan fingerprint density at radius 3 is 3.00 bits per heavy atom. The van der Waals surface area contributed by atoms with Crippen LogP contribution in [0.1, 0.15) is 6.42 Å². The van der Waals surface area contributed by atoms with Crippen molar-refractivity contribution in [3.63, 3.8) is 0 Å². The lowest BCUT2D eigenvalue weighted by molar-refractivity contribution is -0.117. The number of anilines is 1. The summed E-state index contributed by atoms with van der Waals surface area (Å²) in [7, 11) is 1.53. The zero-order valence-electron chi connectivity index (χ0n) is 10.7. The van der Waals surface area contributed by atoms with Gasteiger partial charge in [0.25, 0.3) is 0 Å². The van der Waals surface area contributed by atoms with E-state index in [2.05, 4.69) is 5.32 Å². The molecule has 1 fully saturated rings. The average molecular weight is 264 g/mol. The average Bonchev–Trinajstić information content (AvgIpc) is 2.42. The van der Waals surface area contributed by atoms with Crippen LogP contribution in [0.5, 0.6) is 5.75 Å². The van der Waals surface area contributed by atoms with Crippen molar-refractivity contribution < 1.29 is 19.1 Å². The van der Waals surface area contributed by atoms with Gasteiger partial charge in [-0.3, -0.25) is 9.69 Å². The molecule has 1 saturated heterocycles. The SMILES string of the molecule is COc1ccccc1NC(=O)CN1CCCOC1=O. The zero-order chi connectivity index (χ0) is 13.7. The molecule has 1 heterocycles. The molecular formula is C13H16N2O4. The van der Waals surface area contributed by atoms with Crippen molar-refractivity contribution in [2.75, 3.05) is 32.1 Å². The lowest BCUT2D eigenvalue weighted by atomic mass is 10.3. The molecule has 0 bridgehead atoms. The maximum atomic E-state index is 11.9. The molecule has 19 heavy (non-hydrogen) atoms. The standard InChI is InChI=1S/C13H16N2O4/c1-18-11-6-3-2-5-10(11)14-12(16)9-15-7-4-8-19-13(15)17/h2-3,5-6H,4,7-9H2,1H3,(H,14,16). The molecule has 1 aliphatic heterocycles. The Labute approximate surface area is 111 Å². The minimum atomic E-state index is -0.443. The summed E-state index contributed by atoms with van der Waals surface area (Å²) in [5.41, 5.74) is 0.584. The van der Waals surface area contributed by atoms with Gasteiger partial charge < -0.3 is 14.8 Å². The van der Waals surface area contributed by atoms with Gasteiger partial charge in [-0.1, -0.05) is 12.1 Å². The van der Waals surface area contributed by atoms with Crippen LogP contribution in [0.3, 0.4) is 0 Å². The number of rotatable bonds is 4. The number of benzene rings is 1. The highest BCUT2D eigenvalue weighted by molar-refractivity contribution is 5.95. The van der Waals surface area contributed by atoms with E-state index < -0.39 is 6.09 Å². The number of amides is 2. The van der Waals surface area contributed by atoms with Crippen LogP contribution >= 0.6 is 0 Å². The van der Waals surface area contributed by atoms with Crippen LogP contribution in [-0.4, -0.2) is 43.7 Å². The van der Waals surface area contributed by atoms with E-state index in [-0.39, 0.29) is 12.5 Å². The number of cyclic esters (lactones) is 1. The first kappa shape index (κ1) is 13.2. The van der Waals surface area contributed by atoms with E-state index in [1.54, 1.807) is 18.2 Å². The van der Waals surface area contributed by atoms with Crippen LogP contribution in [0.4, 0.5) is 10.5 Å². The summed E-state index contributed by atoms with van der Waals surface area (Å²) in [6.45, 7) is 0.943. The van der Waals surface area contributed by atoms with Gasteiger partial charge in [-0.2, -0.15) is 0 Å². The van der Waals surface area contributed by atoms with Crippen LogP contribution in [-0.2, 0) is 9.53 Å². The Kier molecular flexibility index (Phi) is 4.22. The molecule has 6 nitrogen and oxygen atoms in total. The predicted octanol–water partition coefficient (Wildman–Crippen LogP) is 1.48. The summed E-state index contributed by atoms with van der Waals surface area (Å²) in [6, 6.07) is 7.11. The third kappa shape index (κ3) is 3.37. The molecule has 0 atom stereocenters. The van der Waals surface area contributed by atoms with Crippen molar-refractivity contribution >= 4 is 17.7 Å². The Balaban J connectivity index is 1.95. The van der Waals surface area contributed by atoms with Gasteiger partial charge in [0.05, 0.1) is 19.4 Å². The minimum Gasteiger partial charge on any atom is -0.495 e. The van der Waals surface area contributed by atoms with Gasteiger partial charge in [-0.05, 0) is 18.6 Å². The number of nitrogens with one attached hydrogen (secondary N) is 1. The molecule has 2 amide bonds. The second-order valence-electron chi connectivity index (χ2n) is 4.14. The molecule has 6 heteroatoms. The number of para-hydroxylation sites is 2. The summed E-state index contributed by atoms with van der Waals surface area (Å²) >= 11 is 0. The number of nitrogens with zero attached hydrogens (tertiary/aromatic N) is 1. The molecule has 0 aliphatic carbocycles. The van der Waals surface area contributed by atoms with Crippen molar-refractivity contribution in [3.05, 3.63) is 24.3 Å². The number of ether oxygens (including phenoxy) is 2. The molecule has 0 radical (unpaired) electrons. The third-order valence-corrected chi connectivity index (χ3v) is 2.77. The maximum Gasteiger partial charge on any atom is 0.410 e. The van der Waals surface area contributed by atoms with E-state index in [9.17, 15) is 9.59 Å². The van der Waals surface area contributed by atoms with Crippen LogP contribution in [0.2, 0.25) is 0 Å². The summed E-state index contributed by atoms with van der Waals surface area (Å²) in [6.07, 6.45) is 0.301. The van der Waals surface area contributed by atoms with Gasteiger partial charge in [0, 0.05) is 6.54 Å². The lowest BCUT2D eigenvalue weighted by Crippen LogP contribution is -2.42. The quantitative estimate of drug-likeness (QED) is 0.894. The molecule has 1 aromatic rings. The number of hydrogen-bond acceptors (Lipinski definition) is 4. The summed E-state index contributed by atoms with van der Waals surface area (Å²) in [4.78, 5) is 24.7. The Hall–Kier alpha value is -2.24. The topological polar surface area (TPSA) is 67.9 Å². The highest BCUT2D eigenvalue weighted by atomic mass is 16.6. The molecule has 1 N–H and O–H groups in total. The fraction of sp³-hybridized carbons (Fsp3) is 0.385. The minimum absolute atomic E-state index is 0.0170. The van der Waals surface area contributed by atoms with Crippen LogP contribution < -0.4 is 10.1 Å². The molecule has 1 aliphatic rings. The highest BCUT2D eigenvalue weighted by Crippen LogP contribution is 2.22. The van der Waals surface area contributed by atoms with Crippen LogP contribution in [0, 0.1) is 0 Å². The normalized spacial score (nSPS) is 14.8. The van der Waals surface area contributed by atoms with Gasteiger partial charge in [0.1, 0.15) is 12.3 Å². The lowest BCUT2D eigenvalue weighted by Gasteiger charge is -2.25. The zero-order valence-corrected chi connectivity index (χ0v) is 10.7. The van der Waals surface area contributed by atoms with E-state index >= 15 is 0 Å². The smallest absolute Gasteiger partial charge is 0.410 e. The first-order chi connectivity index (χ1) is 9.20. The Morgan fingerprint density at radius 1 is 1.47 bits per heavy atom. The molecule has 0 saturated carbocycles. The van der Waals surface area contributed by atoms with Gasteiger partial charge in [0.2, 0.25) is 5.91 Å². The molecule has 0 spiro atoms. The molecule has 0 unspecified atom stereocenters. The monoisotopic (exact) mass is 264 g/mol. The number of methoxy groups -OCH3 is 1. The molecule has 2 rings (SSSR count). The Morgan fingerprint density at radius 2 is 2.26 bits per heavy atom. The fourth-order valence-corrected chi connectivity index (χ4v) is 1.85. The first-order valence-electron chi connectivity index (χ1n) is 6.05. The number of hydrogen-bond donors (Lipinski definition) is 1. The van der Waals surface area contributed by atoms with E-state index in [4.69, 9.17) is 9.47 Å². The highest BCUT2D eigenvalue weighted by Gasteiger charge is 2.22. The second-order valence-corrected chi connectivity index (χ2v) is 4.14. The van der Waals surface area contributed by atoms with Gasteiger partial charge in [-0.15, -0.1) is 0 Å². The Bertz CT molecular complexity index is 475. The summed E-state index contributed by atoms with van der Waals surface area (Å²) in [5, 5.41) is 2.72. The molecular weight excluding hydrogens is 248 g/mol. The molecule has 0 aromatic heterocycles. The first-order valence-corrected chi connectivity index (χ1v) is 6.05. The van der Waals surface area contributed by atoms with Gasteiger partial charge in [-0.25, -0.2) is 4.79 Å². The van der Waals surface area contributed by atoms with E-state index in [1.165, 1.54) is 12.0 Å². The second kappa shape index (κ2) is 6.08. The van der Waals surface area contributed by atoms with Crippen molar-refractivity contribution in [1.29, 1.82) is 0 Å². The molecule has 102 valence electrons.